The zero-order chi connectivity index (χ0) is 23.0. The van der Waals surface area contributed by atoms with Gasteiger partial charge in [0, 0.05) is 20.1 Å². The summed E-state index contributed by atoms with van der Waals surface area (Å²) in [6.45, 7) is 3.83. The van der Waals surface area contributed by atoms with Gasteiger partial charge in [0.2, 0.25) is 0 Å². The number of benzene rings is 1. The second-order valence-electron chi connectivity index (χ2n) is 7.52. The molecule has 1 aromatic carbocycles. The van der Waals surface area contributed by atoms with Gasteiger partial charge in [0.05, 0.1) is 11.1 Å². The van der Waals surface area contributed by atoms with E-state index >= 15 is 0 Å². The number of hydrogen-bond donors (Lipinski definition) is 0. The van der Waals surface area contributed by atoms with Crippen LogP contribution in [0.4, 0.5) is 26.3 Å². The standard InChI is InChI=1S/C22H32F6O2/c1-5-7-8-9-10-11-12-19(20(6-2,29-3)30-4)16-13-17(21(23,24)25)15-18(14-16)22(26,27)28/h13-15,19H,5-12H2,1-4H3. The van der Waals surface area contributed by atoms with E-state index in [1.165, 1.54) is 14.2 Å². The maximum absolute atomic E-state index is 13.3. The lowest BCUT2D eigenvalue weighted by Crippen LogP contribution is -2.40. The molecule has 0 aliphatic heterocycles. The first-order chi connectivity index (χ1) is 13.9. The summed E-state index contributed by atoms with van der Waals surface area (Å²) in [4.78, 5) is 0. The van der Waals surface area contributed by atoms with Gasteiger partial charge in [-0.2, -0.15) is 26.3 Å². The first-order valence-corrected chi connectivity index (χ1v) is 10.3. The van der Waals surface area contributed by atoms with E-state index < -0.39 is 35.2 Å². The third-order valence-electron chi connectivity index (χ3n) is 5.57. The van der Waals surface area contributed by atoms with Crippen molar-refractivity contribution in [3.8, 4) is 0 Å². The molecule has 0 fully saturated rings. The van der Waals surface area contributed by atoms with E-state index in [4.69, 9.17) is 9.47 Å². The SMILES string of the molecule is CCCCCCCCC(c1cc(C(F)(F)F)cc(C(F)(F)F)c1)C(CC)(OC)OC. The molecule has 8 heteroatoms. The fourth-order valence-corrected chi connectivity index (χ4v) is 3.85. The van der Waals surface area contributed by atoms with Crippen LogP contribution < -0.4 is 0 Å². The summed E-state index contributed by atoms with van der Waals surface area (Å²) in [5, 5.41) is 0. The number of alkyl halides is 6. The van der Waals surface area contributed by atoms with Crippen LogP contribution in [0.3, 0.4) is 0 Å². The lowest BCUT2D eigenvalue weighted by Gasteiger charge is -2.38. The van der Waals surface area contributed by atoms with Crippen LogP contribution in [-0.4, -0.2) is 20.0 Å². The first kappa shape index (κ1) is 26.8. The van der Waals surface area contributed by atoms with E-state index in [1.54, 1.807) is 6.92 Å². The van der Waals surface area contributed by atoms with Crippen molar-refractivity contribution in [1.29, 1.82) is 0 Å². The Morgan fingerprint density at radius 2 is 1.20 bits per heavy atom. The van der Waals surface area contributed by atoms with Crippen molar-refractivity contribution in [1.82, 2.24) is 0 Å². The van der Waals surface area contributed by atoms with E-state index in [1.807, 2.05) is 0 Å². The average molecular weight is 442 g/mol. The molecule has 0 spiro atoms. The van der Waals surface area contributed by atoms with E-state index in [-0.39, 0.29) is 18.1 Å². The fourth-order valence-electron chi connectivity index (χ4n) is 3.85. The molecule has 1 unspecified atom stereocenters. The average Bonchev–Trinajstić information content (AvgIpc) is 2.68. The van der Waals surface area contributed by atoms with Crippen LogP contribution in [0, 0.1) is 0 Å². The van der Waals surface area contributed by atoms with Crippen LogP contribution in [0.1, 0.15) is 87.8 Å². The number of unbranched alkanes of at least 4 members (excludes halogenated alkanes) is 5. The molecule has 1 atom stereocenters. The van der Waals surface area contributed by atoms with Crippen molar-refractivity contribution in [2.45, 2.75) is 89.3 Å². The maximum Gasteiger partial charge on any atom is 0.416 e. The Balaban J connectivity index is 3.37. The van der Waals surface area contributed by atoms with E-state index in [0.717, 1.165) is 44.2 Å². The highest BCUT2D eigenvalue weighted by Crippen LogP contribution is 2.43. The minimum Gasteiger partial charge on any atom is -0.353 e. The third kappa shape index (κ3) is 7.15. The zero-order valence-corrected chi connectivity index (χ0v) is 18.1. The summed E-state index contributed by atoms with van der Waals surface area (Å²) in [7, 11) is 2.72. The number of ether oxygens (including phenoxy) is 2. The Kier molecular flexibility index (Phi) is 10.1. The second kappa shape index (κ2) is 11.4. The third-order valence-corrected chi connectivity index (χ3v) is 5.57. The molecule has 1 rings (SSSR count). The lowest BCUT2D eigenvalue weighted by atomic mass is 9.82. The predicted molar refractivity (Wildman–Crippen MR) is 104 cm³/mol. The van der Waals surface area contributed by atoms with Gasteiger partial charge in [0.25, 0.3) is 0 Å². The highest BCUT2D eigenvalue weighted by Gasteiger charge is 2.42. The van der Waals surface area contributed by atoms with Crippen molar-refractivity contribution in [2.24, 2.45) is 0 Å². The molecule has 30 heavy (non-hydrogen) atoms. The van der Waals surface area contributed by atoms with Crippen molar-refractivity contribution < 1.29 is 35.8 Å². The molecule has 2 nitrogen and oxygen atoms in total. The largest absolute Gasteiger partial charge is 0.416 e. The van der Waals surface area contributed by atoms with Crippen LogP contribution >= 0.6 is 0 Å². The Bertz CT molecular complexity index is 595. The van der Waals surface area contributed by atoms with Crippen molar-refractivity contribution in [3.05, 3.63) is 34.9 Å². The van der Waals surface area contributed by atoms with Gasteiger partial charge in [-0.3, -0.25) is 0 Å². The molecule has 0 N–H and O–H groups in total. The monoisotopic (exact) mass is 442 g/mol. The van der Waals surface area contributed by atoms with Crippen molar-refractivity contribution >= 4 is 0 Å². The van der Waals surface area contributed by atoms with Gasteiger partial charge in [-0.15, -0.1) is 0 Å². The molecular formula is C22H32F6O2. The molecule has 1 aromatic rings. The fraction of sp³-hybridized carbons (Fsp3) is 0.727. The molecule has 0 radical (unpaired) electrons. The molecule has 0 saturated carbocycles. The molecule has 0 aromatic heterocycles. The molecule has 174 valence electrons. The van der Waals surface area contributed by atoms with Gasteiger partial charge in [-0.25, -0.2) is 0 Å². The lowest BCUT2D eigenvalue weighted by molar-refractivity contribution is -0.225. The Morgan fingerprint density at radius 3 is 1.60 bits per heavy atom. The van der Waals surface area contributed by atoms with Crippen LogP contribution in [0.2, 0.25) is 0 Å². The van der Waals surface area contributed by atoms with Gasteiger partial charge in [-0.1, -0.05) is 52.4 Å². The number of hydrogen-bond acceptors (Lipinski definition) is 2. The first-order valence-electron chi connectivity index (χ1n) is 10.3. The molecule has 0 aliphatic rings. The summed E-state index contributed by atoms with van der Waals surface area (Å²) in [6.07, 6.45) is -3.45. The second-order valence-corrected chi connectivity index (χ2v) is 7.52. The predicted octanol–water partition coefficient (Wildman–Crippen LogP) is 7.96. The Hall–Kier alpha value is -1.28. The van der Waals surface area contributed by atoms with Crippen molar-refractivity contribution in [2.75, 3.05) is 14.2 Å². The quantitative estimate of drug-likeness (QED) is 0.186. The van der Waals surface area contributed by atoms with Gasteiger partial charge in [0.15, 0.2) is 5.79 Å². The molecule has 0 saturated heterocycles. The van der Waals surface area contributed by atoms with Crippen molar-refractivity contribution in [3.63, 3.8) is 0 Å². The molecule has 0 bridgehead atoms. The summed E-state index contributed by atoms with van der Waals surface area (Å²) < 4.78 is 91.1. The summed E-state index contributed by atoms with van der Waals surface area (Å²) in [5.74, 6) is -2.08. The Morgan fingerprint density at radius 1 is 0.733 bits per heavy atom. The van der Waals surface area contributed by atoms with E-state index in [9.17, 15) is 26.3 Å². The topological polar surface area (TPSA) is 18.5 Å². The number of rotatable bonds is 12. The summed E-state index contributed by atoms with van der Waals surface area (Å²) in [6, 6.07) is 1.73. The molecular weight excluding hydrogens is 410 g/mol. The normalized spacial score (nSPS) is 14.2. The van der Waals surface area contributed by atoms with E-state index in [2.05, 4.69) is 6.92 Å². The molecule has 0 amide bonds. The molecule has 0 heterocycles. The number of halogens is 6. The highest BCUT2D eigenvalue weighted by molar-refractivity contribution is 5.36. The van der Waals surface area contributed by atoms with Crippen LogP contribution in [0.5, 0.6) is 0 Å². The van der Waals surface area contributed by atoms with E-state index in [0.29, 0.717) is 12.8 Å². The smallest absolute Gasteiger partial charge is 0.353 e. The minimum absolute atomic E-state index is 0.0729. The zero-order valence-electron chi connectivity index (χ0n) is 18.1. The van der Waals surface area contributed by atoms with Gasteiger partial charge in [0.1, 0.15) is 0 Å². The van der Waals surface area contributed by atoms with Gasteiger partial charge in [-0.05, 0) is 36.6 Å². The molecule has 0 aliphatic carbocycles. The Labute approximate surface area is 174 Å². The summed E-state index contributed by atoms with van der Waals surface area (Å²) >= 11 is 0. The minimum atomic E-state index is -4.89. The highest BCUT2D eigenvalue weighted by atomic mass is 19.4. The number of methoxy groups -OCH3 is 2. The maximum atomic E-state index is 13.3. The van der Waals surface area contributed by atoms with Crippen LogP contribution in [-0.2, 0) is 21.8 Å². The van der Waals surface area contributed by atoms with Crippen LogP contribution in [0.15, 0.2) is 18.2 Å². The van der Waals surface area contributed by atoms with Gasteiger partial charge >= 0.3 is 12.4 Å². The summed E-state index contributed by atoms with van der Waals surface area (Å²) in [5.41, 5.74) is -2.72. The van der Waals surface area contributed by atoms with Crippen LogP contribution in [0.25, 0.3) is 0 Å². The van der Waals surface area contributed by atoms with Gasteiger partial charge < -0.3 is 9.47 Å².